The molecular weight excluding hydrogens is 843 g/mol. The zero-order valence-corrected chi connectivity index (χ0v) is 34.2. The molecule has 0 aliphatic carbocycles. The molecule has 0 spiro atoms. The van der Waals surface area contributed by atoms with E-state index in [0.717, 1.165) is 27.8 Å². The van der Waals surface area contributed by atoms with Gasteiger partial charge in [0, 0.05) is 25.5 Å². The third-order valence-corrected chi connectivity index (χ3v) is 9.96. The van der Waals surface area contributed by atoms with E-state index >= 15 is 0 Å². The molecule has 1 amide bonds. The molecule has 19 heteroatoms. The molecule has 2 aliphatic rings. The Bertz CT molecular complexity index is 2600. The van der Waals surface area contributed by atoms with Crippen LogP contribution in [0.15, 0.2) is 72.8 Å². The summed E-state index contributed by atoms with van der Waals surface area (Å²) in [6, 6.07) is 20.3. The third kappa shape index (κ3) is 9.35. The second-order valence-electron chi connectivity index (χ2n) is 13.2. The van der Waals surface area contributed by atoms with Crippen molar-refractivity contribution in [3.63, 3.8) is 0 Å². The molecule has 3 N–H and O–H groups in total. The van der Waals surface area contributed by atoms with Gasteiger partial charge in [-0.1, -0.05) is 47.5 Å². The van der Waals surface area contributed by atoms with E-state index in [-0.39, 0.29) is 40.3 Å². The molecule has 0 bridgehead atoms. The summed E-state index contributed by atoms with van der Waals surface area (Å²) in [4.78, 5) is 23.2. The number of nitrogens with one attached hydrogen (secondary N) is 1. The van der Waals surface area contributed by atoms with Gasteiger partial charge < -0.3 is 30.0 Å². The molecule has 4 aromatic carbocycles. The van der Waals surface area contributed by atoms with Crippen molar-refractivity contribution in [1.29, 1.82) is 0 Å². The predicted molar refractivity (Wildman–Crippen MR) is 214 cm³/mol. The van der Waals surface area contributed by atoms with Crippen LogP contribution in [0.4, 0.5) is 28.9 Å². The number of ether oxygens (including phenoxy) is 4. The summed E-state index contributed by atoms with van der Waals surface area (Å²) in [5.74, 6) is -0.297. The van der Waals surface area contributed by atoms with Gasteiger partial charge in [-0.3, -0.25) is 19.0 Å². The number of nitrogen functional groups attached to an aromatic ring is 1. The first-order valence-electron chi connectivity index (χ1n) is 17.3. The first kappa shape index (κ1) is 42.6. The highest BCUT2D eigenvalue weighted by Crippen LogP contribution is 2.46. The summed E-state index contributed by atoms with van der Waals surface area (Å²) >= 11 is 17.1. The summed E-state index contributed by atoms with van der Waals surface area (Å²) in [6.45, 7) is 7.05. The third-order valence-electron chi connectivity index (χ3n) is 8.87. The Morgan fingerprint density at radius 3 is 1.37 bits per heavy atom. The van der Waals surface area contributed by atoms with E-state index < -0.39 is 17.8 Å². The molecule has 59 heavy (non-hydrogen) atoms. The number of amides is 1. The number of rotatable bonds is 5. The molecular formula is C40H33Cl3F4N6O6. The first-order chi connectivity index (χ1) is 27.6. The number of carbonyl (C=O) groups excluding carboxylic acids is 2. The number of benzene rings is 4. The lowest BCUT2D eigenvalue weighted by Gasteiger charge is -2.10. The Balaban J connectivity index is 0.000000166. The minimum Gasteiger partial charge on any atom is -0.399 e. The van der Waals surface area contributed by atoms with Crippen LogP contribution >= 0.6 is 34.8 Å². The number of anilines is 2. The number of aromatic nitrogens is 4. The molecule has 0 unspecified atom stereocenters. The smallest absolute Gasteiger partial charge is 0.399 e. The average Bonchev–Trinajstić information content (AvgIpc) is 3.80. The lowest BCUT2D eigenvalue weighted by Crippen LogP contribution is -2.25. The molecule has 8 rings (SSSR count). The van der Waals surface area contributed by atoms with Crippen molar-refractivity contribution in [3.05, 3.63) is 117 Å². The van der Waals surface area contributed by atoms with Gasteiger partial charge in [-0.25, -0.2) is 0 Å². The number of aryl methyl sites for hydroxylation is 6. The van der Waals surface area contributed by atoms with E-state index in [1.165, 1.54) is 21.5 Å². The largest absolute Gasteiger partial charge is 0.586 e. The van der Waals surface area contributed by atoms with E-state index in [1.807, 2.05) is 19.1 Å². The average molecular weight is 876 g/mol. The second kappa shape index (κ2) is 16.4. The van der Waals surface area contributed by atoms with Gasteiger partial charge in [0.1, 0.15) is 11.4 Å². The topological polar surface area (TPSA) is 145 Å². The normalized spacial score (nSPS) is 13.8. The van der Waals surface area contributed by atoms with Crippen molar-refractivity contribution in [3.8, 4) is 45.3 Å². The van der Waals surface area contributed by atoms with Crippen LogP contribution in [0, 0.1) is 27.7 Å². The van der Waals surface area contributed by atoms with Crippen molar-refractivity contribution in [2.75, 3.05) is 11.1 Å². The fourth-order valence-electron chi connectivity index (χ4n) is 6.13. The standard InChI is InChI=1S/C20H16ClF2N3O3.C14H11F2NO2.C6H6Cl2N2O/c1-10-8-15-16(29-20(22,23)28-15)9-14(10)12-4-6-13(7-5-12)24-19(27)18-17(21)11(2)25-26(18)3;1-8-6-12-13(19-14(15,16)18-12)7-11(8)9-2-4-10(17)5-3-9;1-3-4(7)5(6(8)11)10(2)9-3/h4-9H,1-3H3,(H,24,27);2-7H,17H2,1H3;1-2H3. The number of fused-ring (bicyclic) bond motifs is 2. The molecule has 12 nitrogen and oxygen atoms in total. The highest BCUT2D eigenvalue weighted by atomic mass is 35.5. The van der Waals surface area contributed by atoms with Gasteiger partial charge in [-0.2, -0.15) is 10.2 Å². The van der Waals surface area contributed by atoms with E-state index in [4.69, 9.17) is 40.5 Å². The number of carbonyl (C=O) groups is 2. The van der Waals surface area contributed by atoms with E-state index in [9.17, 15) is 27.2 Å². The van der Waals surface area contributed by atoms with Crippen LogP contribution in [0.1, 0.15) is 43.5 Å². The van der Waals surface area contributed by atoms with Gasteiger partial charge in [-0.05, 0) is 121 Å². The highest BCUT2D eigenvalue weighted by molar-refractivity contribution is 6.68. The molecule has 0 atom stereocenters. The van der Waals surface area contributed by atoms with E-state index in [1.54, 1.807) is 83.4 Å². The monoisotopic (exact) mass is 874 g/mol. The van der Waals surface area contributed by atoms with Crippen molar-refractivity contribution in [2.24, 2.45) is 14.1 Å². The first-order valence-corrected chi connectivity index (χ1v) is 18.4. The summed E-state index contributed by atoms with van der Waals surface area (Å²) in [6.07, 6.45) is -7.25. The highest BCUT2D eigenvalue weighted by Gasteiger charge is 2.44. The maximum Gasteiger partial charge on any atom is 0.586 e. The van der Waals surface area contributed by atoms with Crippen molar-refractivity contribution in [2.45, 2.75) is 40.3 Å². The Hall–Kier alpha value is -5.97. The molecule has 0 saturated carbocycles. The van der Waals surface area contributed by atoms with Crippen LogP contribution in [-0.4, -0.2) is 43.3 Å². The SMILES string of the molecule is Cc1cc2c(cc1-c1ccc(N)cc1)OC(F)(F)O2.Cc1cc2c(cc1-c1ccc(NC(=O)c3c(Cl)c(C)nn3C)cc1)OC(F)(F)O2.Cc1nn(C)c(C(=O)Cl)c1Cl. The second-order valence-corrected chi connectivity index (χ2v) is 14.3. The summed E-state index contributed by atoms with van der Waals surface area (Å²) in [5, 5.41) is 10.8. The fourth-order valence-corrected chi connectivity index (χ4v) is 6.89. The number of nitrogens with zero attached hydrogens (tertiary/aromatic N) is 4. The van der Waals surface area contributed by atoms with Crippen LogP contribution in [0.5, 0.6) is 23.0 Å². The number of hydrogen-bond donors (Lipinski definition) is 2. The molecule has 0 radical (unpaired) electrons. The quantitative estimate of drug-likeness (QED) is 0.0982. The van der Waals surface area contributed by atoms with Gasteiger partial charge in [0.05, 0.1) is 21.4 Å². The molecule has 0 saturated heterocycles. The minimum atomic E-state index is -3.66. The van der Waals surface area contributed by atoms with Gasteiger partial charge in [0.15, 0.2) is 23.0 Å². The van der Waals surface area contributed by atoms with Crippen LogP contribution in [0.25, 0.3) is 22.3 Å². The fraction of sp³-hybridized carbons (Fsp3) is 0.200. The zero-order valence-electron chi connectivity index (χ0n) is 31.9. The maximum atomic E-state index is 13.3. The Morgan fingerprint density at radius 1 is 0.644 bits per heavy atom. The van der Waals surface area contributed by atoms with Crippen LogP contribution in [0.3, 0.4) is 0 Å². The Morgan fingerprint density at radius 2 is 1.02 bits per heavy atom. The van der Waals surface area contributed by atoms with Gasteiger partial charge in [-0.15, -0.1) is 17.6 Å². The predicted octanol–water partition coefficient (Wildman–Crippen LogP) is 10.3. The van der Waals surface area contributed by atoms with Gasteiger partial charge in [0.2, 0.25) is 0 Å². The molecule has 0 fully saturated rings. The Labute approximate surface area is 349 Å². The maximum absolute atomic E-state index is 13.3. The molecule has 2 aromatic heterocycles. The van der Waals surface area contributed by atoms with Crippen molar-refractivity contribution < 1.29 is 46.1 Å². The van der Waals surface area contributed by atoms with Gasteiger partial charge >= 0.3 is 12.6 Å². The molecule has 4 heterocycles. The van der Waals surface area contributed by atoms with Crippen molar-refractivity contribution in [1.82, 2.24) is 19.6 Å². The summed E-state index contributed by atoms with van der Waals surface area (Å²) < 4.78 is 73.2. The Kier molecular flexibility index (Phi) is 11.8. The van der Waals surface area contributed by atoms with Crippen LogP contribution in [-0.2, 0) is 14.1 Å². The summed E-state index contributed by atoms with van der Waals surface area (Å²) in [7, 11) is 3.26. The van der Waals surface area contributed by atoms with Gasteiger partial charge in [0.25, 0.3) is 11.1 Å². The number of halogens is 7. The van der Waals surface area contributed by atoms with E-state index in [0.29, 0.717) is 38.4 Å². The number of nitrogens with two attached hydrogens (primary N) is 1. The molecule has 308 valence electrons. The zero-order chi connectivity index (χ0) is 43.1. The molecule has 2 aliphatic heterocycles. The van der Waals surface area contributed by atoms with E-state index in [2.05, 4.69) is 34.5 Å². The number of hydrogen-bond acceptors (Lipinski definition) is 9. The number of alkyl halides is 4. The lowest BCUT2D eigenvalue weighted by atomic mass is 9.99. The minimum absolute atomic E-state index is 0.00322. The van der Waals surface area contributed by atoms with Crippen LogP contribution in [0.2, 0.25) is 10.0 Å². The van der Waals surface area contributed by atoms with Crippen LogP contribution < -0.4 is 30.0 Å². The van der Waals surface area contributed by atoms with Crippen molar-refractivity contribution >= 4 is 57.3 Å². The summed E-state index contributed by atoms with van der Waals surface area (Å²) in [5.41, 5.74) is 13.3. The molecule has 6 aromatic rings. The lowest BCUT2D eigenvalue weighted by molar-refractivity contribution is -0.287.